The summed E-state index contributed by atoms with van der Waals surface area (Å²) >= 11 is 0. The number of fused-ring (bicyclic) bond motifs is 2. The third-order valence-corrected chi connectivity index (χ3v) is 4.44. The molecular weight excluding hydrogens is 188 g/mol. The molecule has 2 rings (SSSR count). The fraction of sp³-hybridized carbons (Fsp3) is 1.00. The minimum Gasteiger partial charge on any atom is -0.389 e. The molecule has 2 fully saturated rings. The molecule has 2 saturated heterocycles. The van der Waals surface area contributed by atoms with Crippen LogP contribution in [-0.4, -0.2) is 41.8 Å². The van der Waals surface area contributed by atoms with Crippen molar-refractivity contribution in [2.24, 2.45) is 17.6 Å². The second-order valence-corrected chi connectivity index (χ2v) is 5.25. The van der Waals surface area contributed by atoms with Gasteiger partial charge in [-0.15, -0.1) is 0 Å². The number of nitrogens with two attached hydrogens (primary N) is 1. The van der Waals surface area contributed by atoms with E-state index in [-0.39, 0.29) is 0 Å². The van der Waals surface area contributed by atoms with Crippen LogP contribution in [0.15, 0.2) is 0 Å². The molecule has 3 heteroatoms. The van der Waals surface area contributed by atoms with Gasteiger partial charge in [0, 0.05) is 24.9 Å². The molecule has 88 valence electrons. The van der Waals surface area contributed by atoms with Crippen molar-refractivity contribution in [3.05, 3.63) is 0 Å². The fourth-order valence-corrected chi connectivity index (χ4v) is 3.44. The lowest BCUT2D eigenvalue weighted by molar-refractivity contribution is -0.0904. The topological polar surface area (TPSA) is 49.5 Å². The molecule has 0 saturated carbocycles. The summed E-state index contributed by atoms with van der Waals surface area (Å²) in [5.74, 6) is 0.791. The maximum atomic E-state index is 10.8. The van der Waals surface area contributed by atoms with Crippen LogP contribution < -0.4 is 5.73 Å². The molecule has 2 aliphatic heterocycles. The summed E-state index contributed by atoms with van der Waals surface area (Å²) in [6, 6.07) is 0. The van der Waals surface area contributed by atoms with Crippen LogP contribution in [0.5, 0.6) is 0 Å². The summed E-state index contributed by atoms with van der Waals surface area (Å²) in [6.07, 6.45) is 4.29. The zero-order valence-electron chi connectivity index (χ0n) is 9.78. The Morgan fingerprint density at radius 3 is 3.00 bits per heavy atom. The second-order valence-electron chi connectivity index (χ2n) is 5.25. The fourth-order valence-electron chi connectivity index (χ4n) is 3.44. The van der Waals surface area contributed by atoms with Crippen LogP contribution in [0.25, 0.3) is 0 Å². The molecule has 0 amide bonds. The van der Waals surface area contributed by atoms with Gasteiger partial charge in [0.2, 0.25) is 0 Å². The van der Waals surface area contributed by atoms with E-state index in [9.17, 15) is 5.11 Å². The molecule has 2 heterocycles. The van der Waals surface area contributed by atoms with Crippen molar-refractivity contribution in [1.29, 1.82) is 0 Å². The standard InChI is InChI=1S/C12H24N2O/c1-2-3-10(8-13)12(15)5-7-14-6-4-11(12)9-14/h10-11,15H,2-9,13H2,1H3. The minimum absolute atomic E-state index is 0.313. The highest BCUT2D eigenvalue weighted by atomic mass is 16.3. The second kappa shape index (κ2) is 4.40. The van der Waals surface area contributed by atoms with Gasteiger partial charge < -0.3 is 15.7 Å². The zero-order chi connectivity index (χ0) is 10.9. The van der Waals surface area contributed by atoms with Gasteiger partial charge in [-0.2, -0.15) is 0 Å². The summed E-state index contributed by atoms with van der Waals surface area (Å²) in [4.78, 5) is 2.47. The van der Waals surface area contributed by atoms with Gasteiger partial charge in [-0.25, -0.2) is 0 Å². The first kappa shape index (κ1) is 11.4. The molecule has 0 aromatic carbocycles. The van der Waals surface area contributed by atoms with Crippen molar-refractivity contribution < 1.29 is 5.11 Å². The largest absolute Gasteiger partial charge is 0.389 e. The summed E-state index contributed by atoms with van der Waals surface area (Å²) in [5, 5.41) is 10.8. The molecule has 2 aliphatic rings. The molecule has 0 radical (unpaired) electrons. The number of piperidine rings is 1. The van der Waals surface area contributed by atoms with Crippen molar-refractivity contribution in [2.45, 2.75) is 38.2 Å². The van der Waals surface area contributed by atoms with E-state index in [2.05, 4.69) is 11.8 Å². The van der Waals surface area contributed by atoms with Crippen molar-refractivity contribution in [3.63, 3.8) is 0 Å². The van der Waals surface area contributed by atoms with Crippen molar-refractivity contribution in [3.8, 4) is 0 Å². The third-order valence-electron chi connectivity index (χ3n) is 4.44. The Hall–Kier alpha value is -0.120. The lowest BCUT2D eigenvalue weighted by Crippen LogP contribution is -2.53. The van der Waals surface area contributed by atoms with Crippen molar-refractivity contribution in [1.82, 2.24) is 4.90 Å². The molecule has 0 aromatic heterocycles. The van der Waals surface area contributed by atoms with E-state index in [1.54, 1.807) is 0 Å². The smallest absolute Gasteiger partial charge is 0.0740 e. The predicted octanol–water partition coefficient (Wildman–Crippen LogP) is 0.818. The van der Waals surface area contributed by atoms with E-state index in [1.165, 1.54) is 6.54 Å². The van der Waals surface area contributed by atoms with Crippen LogP contribution in [0.1, 0.15) is 32.6 Å². The van der Waals surface area contributed by atoms with Crippen LogP contribution in [0.2, 0.25) is 0 Å². The maximum absolute atomic E-state index is 10.8. The number of hydrogen-bond acceptors (Lipinski definition) is 3. The van der Waals surface area contributed by atoms with Gasteiger partial charge in [-0.3, -0.25) is 0 Å². The van der Waals surface area contributed by atoms with Crippen LogP contribution in [0.4, 0.5) is 0 Å². The first-order valence-electron chi connectivity index (χ1n) is 6.35. The highest BCUT2D eigenvalue weighted by Gasteiger charge is 2.48. The van der Waals surface area contributed by atoms with E-state index in [1.807, 2.05) is 0 Å². The van der Waals surface area contributed by atoms with Gasteiger partial charge in [-0.1, -0.05) is 13.3 Å². The Morgan fingerprint density at radius 2 is 2.33 bits per heavy atom. The third kappa shape index (κ3) is 1.93. The molecule has 15 heavy (non-hydrogen) atoms. The summed E-state index contributed by atoms with van der Waals surface area (Å²) in [6.45, 7) is 6.15. The minimum atomic E-state index is -0.461. The number of hydrogen-bond donors (Lipinski definition) is 2. The summed E-state index contributed by atoms with van der Waals surface area (Å²) in [5.41, 5.74) is 5.37. The monoisotopic (exact) mass is 212 g/mol. The van der Waals surface area contributed by atoms with E-state index in [0.29, 0.717) is 18.4 Å². The van der Waals surface area contributed by atoms with Gasteiger partial charge in [0.05, 0.1) is 5.60 Å². The Balaban J connectivity index is 2.09. The van der Waals surface area contributed by atoms with Crippen LogP contribution in [0, 0.1) is 11.8 Å². The van der Waals surface area contributed by atoms with Gasteiger partial charge in [0.1, 0.15) is 0 Å². The van der Waals surface area contributed by atoms with Gasteiger partial charge in [-0.05, 0) is 32.4 Å². The van der Waals surface area contributed by atoms with Crippen molar-refractivity contribution in [2.75, 3.05) is 26.2 Å². The van der Waals surface area contributed by atoms with Gasteiger partial charge in [0.15, 0.2) is 0 Å². The first-order chi connectivity index (χ1) is 7.20. The Morgan fingerprint density at radius 1 is 1.53 bits per heavy atom. The lowest BCUT2D eigenvalue weighted by atomic mass is 9.71. The summed E-state index contributed by atoms with van der Waals surface area (Å²) < 4.78 is 0. The van der Waals surface area contributed by atoms with Gasteiger partial charge >= 0.3 is 0 Å². The Labute approximate surface area is 92.6 Å². The quantitative estimate of drug-likeness (QED) is 0.725. The molecule has 2 bridgehead atoms. The van der Waals surface area contributed by atoms with Crippen LogP contribution >= 0.6 is 0 Å². The molecule has 0 spiro atoms. The van der Waals surface area contributed by atoms with E-state index in [0.717, 1.165) is 38.8 Å². The van der Waals surface area contributed by atoms with Crippen LogP contribution in [0.3, 0.4) is 0 Å². The SMILES string of the molecule is CCCC(CN)C1(O)CCN2CCC1C2. The average Bonchev–Trinajstić information content (AvgIpc) is 2.66. The van der Waals surface area contributed by atoms with E-state index in [4.69, 9.17) is 5.73 Å². The van der Waals surface area contributed by atoms with Gasteiger partial charge in [0.25, 0.3) is 0 Å². The average molecular weight is 212 g/mol. The normalized spacial score (nSPS) is 41.8. The Kier molecular flexibility index (Phi) is 3.33. The number of nitrogens with zero attached hydrogens (tertiary/aromatic N) is 1. The zero-order valence-corrected chi connectivity index (χ0v) is 9.78. The maximum Gasteiger partial charge on any atom is 0.0740 e. The number of aliphatic hydroxyl groups is 1. The highest BCUT2D eigenvalue weighted by molar-refractivity contribution is 5.01. The molecule has 4 atom stereocenters. The van der Waals surface area contributed by atoms with Crippen LogP contribution in [-0.2, 0) is 0 Å². The highest BCUT2D eigenvalue weighted by Crippen LogP contribution is 2.41. The first-order valence-corrected chi connectivity index (χ1v) is 6.35. The molecule has 4 unspecified atom stereocenters. The van der Waals surface area contributed by atoms with E-state index >= 15 is 0 Å². The van der Waals surface area contributed by atoms with Crippen molar-refractivity contribution >= 4 is 0 Å². The molecule has 0 aromatic rings. The number of rotatable bonds is 4. The predicted molar refractivity (Wildman–Crippen MR) is 61.6 cm³/mol. The van der Waals surface area contributed by atoms with E-state index < -0.39 is 5.60 Å². The molecular formula is C12H24N2O. The molecule has 3 N–H and O–H groups in total. The summed E-state index contributed by atoms with van der Waals surface area (Å²) in [7, 11) is 0. The lowest BCUT2D eigenvalue weighted by Gasteiger charge is -2.44. The Bertz CT molecular complexity index is 222. The molecule has 3 nitrogen and oxygen atoms in total. The molecule has 0 aliphatic carbocycles.